The minimum Gasteiger partial charge on any atom is -0.364 e. The molecule has 1 saturated heterocycles. The van der Waals surface area contributed by atoms with Gasteiger partial charge in [0, 0.05) is 25.4 Å². The van der Waals surface area contributed by atoms with Crippen molar-refractivity contribution in [1.29, 1.82) is 0 Å². The van der Waals surface area contributed by atoms with Gasteiger partial charge in [0.25, 0.3) is 5.91 Å². The van der Waals surface area contributed by atoms with Crippen molar-refractivity contribution < 1.29 is 14.4 Å². The molecule has 96 valence electrons. The van der Waals surface area contributed by atoms with E-state index in [2.05, 4.69) is 10.3 Å². The number of aromatic nitrogens is 1. The van der Waals surface area contributed by atoms with Gasteiger partial charge in [0.1, 0.15) is 5.69 Å². The summed E-state index contributed by atoms with van der Waals surface area (Å²) in [6, 6.07) is 0. The number of thiazole rings is 1. The third-order valence-corrected chi connectivity index (χ3v) is 3.44. The zero-order valence-electron chi connectivity index (χ0n) is 9.67. The fraction of sp³-hybridized carbons (Fsp3) is 0.400. The fourth-order valence-electron chi connectivity index (χ4n) is 1.55. The minimum atomic E-state index is -0.627. The normalized spacial score (nSPS) is 15.1. The van der Waals surface area contributed by atoms with E-state index in [4.69, 9.17) is 5.73 Å². The van der Waals surface area contributed by atoms with Crippen molar-refractivity contribution in [1.82, 2.24) is 9.88 Å². The number of amides is 3. The van der Waals surface area contributed by atoms with Crippen LogP contribution in [0.5, 0.6) is 0 Å². The Kier molecular flexibility index (Phi) is 3.28. The molecule has 3 amide bonds. The zero-order valence-corrected chi connectivity index (χ0v) is 10.5. The maximum Gasteiger partial charge on any atom is 0.268 e. The molecule has 0 atom stereocenters. The van der Waals surface area contributed by atoms with E-state index >= 15 is 0 Å². The van der Waals surface area contributed by atoms with E-state index < -0.39 is 5.91 Å². The smallest absolute Gasteiger partial charge is 0.268 e. The van der Waals surface area contributed by atoms with Crippen LogP contribution in [0.25, 0.3) is 0 Å². The number of nitrogens with two attached hydrogens (primary N) is 1. The Morgan fingerprint density at radius 2 is 2.17 bits per heavy atom. The lowest BCUT2D eigenvalue weighted by molar-refractivity contribution is -0.139. The summed E-state index contributed by atoms with van der Waals surface area (Å²) in [7, 11) is 0. The van der Waals surface area contributed by atoms with Gasteiger partial charge in [-0.05, 0) is 0 Å². The summed E-state index contributed by atoms with van der Waals surface area (Å²) in [6.45, 7) is 2.32. The van der Waals surface area contributed by atoms with Gasteiger partial charge in [0.2, 0.25) is 11.8 Å². The molecule has 0 bridgehead atoms. The van der Waals surface area contributed by atoms with E-state index in [-0.39, 0.29) is 23.4 Å². The summed E-state index contributed by atoms with van der Waals surface area (Å²) in [5.41, 5.74) is 5.19. The molecule has 18 heavy (non-hydrogen) atoms. The second-order valence-electron chi connectivity index (χ2n) is 4.01. The van der Waals surface area contributed by atoms with Crippen molar-refractivity contribution in [3.8, 4) is 0 Å². The van der Waals surface area contributed by atoms with Crippen LogP contribution in [0.1, 0.15) is 17.4 Å². The van der Waals surface area contributed by atoms with Crippen molar-refractivity contribution in [2.24, 2.45) is 11.7 Å². The number of rotatable bonds is 3. The van der Waals surface area contributed by atoms with E-state index in [0.29, 0.717) is 18.2 Å². The van der Waals surface area contributed by atoms with Gasteiger partial charge >= 0.3 is 0 Å². The van der Waals surface area contributed by atoms with Gasteiger partial charge in [-0.2, -0.15) is 0 Å². The Balaban J connectivity index is 1.88. The monoisotopic (exact) mass is 268 g/mol. The van der Waals surface area contributed by atoms with E-state index in [1.54, 1.807) is 4.90 Å². The summed E-state index contributed by atoms with van der Waals surface area (Å²) in [5.74, 6) is -1.07. The Morgan fingerprint density at radius 1 is 1.50 bits per heavy atom. The Morgan fingerprint density at radius 3 is 2.67 bits per heavy atom. The highest BCUT2D eigenvalue weighted by Crippen LogP contribution is 2.20. The number of nitrogens with one attached hydrogen (secondary N) is 1. The molecule has 8 heteroatoms. The Hall–Kier alpha value is -1.96. The van der Waals surface area contributed by atoms with Crippen LogP contribution >= 0.6 is 11.3 Å². The summed E-state index contributed by atoms with van der Waals surface area (Å²) >= 11 is 1.14. The van der Waals surface area contributed by atoms with E-state index in [9.17, 15) is 14.4 Å². The molecule has 0 unspecified atom stereocenters. The van der Waals surface area contributed by atoms with E-state index in [1.807, 2.05) is 0 Å². The predicted molar refractivity (Wildman–Crippen MR) is 65.0 cm³/mol. The van der Waals surface area contributed by atoms with Crippen LogP contribution in [-0.2, 0) is 9.59 Å². The summed E-state index contributed by atoms with van der Waals surface area (Å²) in [4.78, 5) is 39.0. The number of likely N-dealkylation sites (tertiary alicyclic amines) is 1. The molecular formula is C10H12N4O3S. The molecule has 1 aromatic rings. The molecule has 0 spiro atoms. The van der Waals surface area contributed by atoms with Crippen LogP contribution in [0.4, 0.5) is 5.13 Å². The Bertz CT molecular complexity index is 507. The molecule has 1 aromatic heterocycles. The SMILES string of the molecule is CC(=O)N1CC(C(=O)Nc2nc(C(N)=O)cs2)C1. The fourth-order valence-corrected chi connectivity index (χ4v) is 2.26. The minimum absolute atomic E-state index is 0.0377. The quantitative estimate of drug-likeness (QED) is 0.782. The first-order valence-electron chi connectivity index (χ1n) is 5.29. The molecular weight excluding hydrogens is 256 g/mol. The number of anilines is 1. The van der Waals surface area contributed by atoms with Gasteiger partial charge in [-0.3, -0.25) is 14.4 Å². The number of primary amides is 1. The lowest BCUT2D eigenvalue weighted by atomic mass is 9.99. The summed E-state index contributed by atoms with van der Waals surface area (Å²) < 4.78 is 0. The van der Waals surface area contributed by atoms with E-state index in [1.165, 1.54) is 12.3 Å². The molecule has 1 aliphatic heterocycles. The lowest BCUT2D eigenvalue weighted by Gasteiger charge is -2.37. The largest absolute Gasteiger partial charge is 0.364 e. The average Bonchev–Trinajstić information content (AvgIpc) is 2.62. The highest BCUT2D eigenvalue weighted by Gasteiger charge is 2.34. The third-order valence-electron chi connectivity index (χ3n) is 2.68. The molecule has 2 rings (SSSR count). The van der Waals surface area contributed by atoms with Gasteiger partial charge in [-0.1, -0.05) is 0 Å². The molecule has 0 aromatic carbocycles. The van der Waals surface area contributed by atoms with Crippen molar-refractivity contribution in [2.45, 2.75) is 6.92 Å². The van der Waals surface area contributed by atoms with Crippen molar-refractivity contribution >= 4 is 34.2 Å². The molecule has 2 heterocycles. The predicted octanol–water partition coefficient (Wildman–Crippen LogP) is -0.341. The van der Waals surface area contributed by atoms with Crippen LogP contribution < -0.4 is 11.1 Å². The average molecular weight is 268 g/mol. The van der Waals surface area contributed by atoms with Crippen LogP contribution in [0.2, 0.25) is 0 Å². The summed E-state index contributed by atoms with van der Waals surface area (Å²) in [6.07, 6.45) is 0. The van der Waals surface area contributed by atoms with Gasteiger partial charge in [-0.25, -0.2) is 4.98 Å². The molecule has 1 aliphatic rings. The summed E-state index contributed by atoms with van der Waals surface area (Å²) in [5, 5.41) is 4.43. The van der Waals surface area contributed by atoms with Gasteiger partial charge in [0.05, 0.1) is 5.92 Å². The maximum absolute atomic E-state index is 11.7. The van der Waals surface area contributed by atoms with Crippen LogP contribution in [0.15, 0.2) is 5.38 Å². The molecule has 0 radical (unpaired) electrons. The molecule has 0 saturated carbocycles. The van der Waals surface area contributed by atoms with Crippen LogP contribution in [-0.4, -0.2) is 40.7 Å². The van der Waals surface area contributed by atoms with Gasteiger partial charge in [-0.15, -0.1) is 11.3 Å². The maximum atomic E-state index is 11.7. The van der Waals surface area contributed by atoms with E-state index in [0.717, 1.165) is 11.3 Å². The lowest BCUT2D eigenvalue weighted by Crippen LogP contribution is -2.53. The number of hydrogen-bond donors (Lipinski definition) is 2. The first kappa shape index (κ1) is 12.5. The van der Waals surface area contributed by atoms with Crippen molar-refractivity contribution in [3.05, 3.63) is 11.1 Å². The molecule has 7 nitrogen and oxygen atoms in total. The third kappa shape index (κ3) is 2.48. The standard InChI is InChI=1S/C10H12N4O3S/c1-5(15)14-2-6(3-14)9(17)13-10-12-7(4-18-10)8(11)16/h4,6H,2-3H2,1H3,(H2,11,16)(H,12,13,17). The topological polar surface area (TPSA) is 105 Å². The van der Waals surface area contributed by atoms with Crippen LogP contribution in [0.3, 0.4) is 0 Å². The number of hydrogen-bond acceptors (Lipinski definition) is 5. The molecule has 3 N–H and O–H groups in total. The number of carbonyl (C=O) groups is 3. The number of nitrogens with zero attached hydrogens (tertiary/aromatic N) is 2. The first-order chi connectivity index (χ1) is 8.47. The highest BCUT2D eigenvalue weighted by atomic mass is 32.1. The van der Waals surface area contributed by atoms with Crippen molar-refractivity contribution in [2.75, 3.05) is 18.4 Å². The van der Waals surface area contributed by atoms with Gasteiger partial charge < -0.3 is 16.0 Å². The second-order valence-corrected chi connectivity index (χ2v) is 4.87. The molecule has 0 aliphatic carbocycles. The van der Waals surface area contributed by atoms with Gasteiger partial charge in [0.15, 0.2) is 5.13 Å². The van der Waals surface area contributed by atoms with Crippen LogP contribution in [0, 0.1) is 5.92 Å². The zero-order chi connectivity index (χ0) is 13.3. The number of carbonyl (C=O) groups excluding carboxylic acids is 3. The Labute approximate surface area is 107 Å². The highest BCUT2D eigenvalue weighted by molar-refractivity contribution is 7.14. The molecule has 1 fully saturated rings. The second kappa shape index (κ2) is 4.73. The first-order valence-corrected chi connectivity index (χ1v) is 6.17. The van der Waals surface area contributed by atoms with Crippen molar-refractivity contribution in [3.63, 3.8) is 0 Å².